The summed E-state index contributed by atoms with van der Waals surface area (Å²) in [7, 11) is 0. The fourth-order valence-corrected chi connectivity index (χ4v) is 3.38. The molecule has 3 nitrogen and oxygen atoms in total. The normalized spacial score (nSPS) is 17.0. The van der Waals surface area contributed by atoms with Gasteiger partial charge in [0.1, 0.15) is 17.3 Å². The number of hydrogen-bond donors (Lipinski definition) is 2. The van der Waals surface area contributed by atoms with Gasteiger partial charge in [0.05, 0.1) is 0 Å². The van der Waals surface area contributed by atoms with Gasteiger partial charge in [-0.2, -0.15) is 0 Å². The zero-order valence-electron chi connectivity index (χ0n) is 14.8. The average molecular weight is 375 g/mol. The highest BCUT2D eigenvalue weighted by atomic mass is 32.1. The van der Waals surface area contributed by atoms with Crippen molar-refractivity contribution in [3.05, 3.63) is 59.7 Å². The lowest BCUT2D eigenvalue weighted by atomic mass is 9.99. The van der Waals surface area contributed by atoms with Crippen LogP contribution in [-0.2, 0) is 6.54 Å². The average Bonchev–Trinajstić information content (AvgIpc) is 2.64. The second-order valence-electron chi connectivity index (χ2n) is 6.76. The van der Waals surface area contributed by atoms with Gasteiger partial charge in [-0.1, -0.05) is 25.1 Å². The summed E-state index contributed by atoms with van der Waals surface area (Å²) in [4.78, 5) is 2.42. The second kappa shape index (κ2) is 8.45. The topological polar surface area (TPSA) is 27.3 Å². The molecule has 1 fully saturated rings. The molecule has 0 aliphatic carbocycles. The van der Waals surface area contributed by atoms with E-state index < -0.39 is 11.6 Å². The van der Waals surface area contributed by atoms with E-state index in [2.05, 4.69) is 34.6 Å². The van der Waals surface area contributed by atoms with Gasteiger partial charge in [-0.15, -0.1) is 0 Å². The molecule has 1 aliphatic heterocycles. The Morgan fingerprint density at radius 3 is 2.50 bits per heavy atom. The van der Waals surface area contributed by atoms with Gasteiger partial charge in [-0.05, 0) is 60.8 Å². The maximum atomic E-state index is 13.6. The summed E-state index contributed by atoms with van der Waals surface area (Å²) in [5, 5.41) is 5.74. The first-order chi connectivity index (χ1) is 12.5. The fraction of sp³-hybridized carbons (Fsp3) is 0.350. The summed E-state index contributed by atoms with van der Waals surface area (Å²) in [6.07, 6.45) is 2.53. The van der Waals surface area contributed by atoms with E-state index in [0.29, 0.717) is 6.54 Å². The van der Waals surface area contributed by atoms with Crippen molar-refractivity contribution in [3.8, 4) is 0 Å². The van der Waals surface area contributed by atoms with Crippen molar-refractivity contribution in [3.63, 3.8) is 0 Å². The van der Waals surface area contributed by atoms with Crippen LogP contribution in [0.15, 0.2) is 42.5 Å². The van der Waals surface area contributed by atoms with E-state index in [1.54, 1.807) is 0 Å². The Bertz CT molecular complexity index is 744. The van der Waals surface area contributed by atoms with Gasteiger partial charge < -0.3 is 15.5 Å². The van der Waals surface area contributed by atoms with Crippen LogP contribution in [0.1, 0.15) is 25.3 Å². The minimum Gasteiger partial charge on any atom is -0.371 e. The first-order valence-corrected chi connectivity index (χ1v) is 9.26. The summed E-state index contributed by atoms with van der Waals surface area (Å²) in [6, 6.07) is 12.0. The lowest BCUT2D eigenvalue weighted by Crippen LogP contribution is -2.34. The van der Waals surface area contributed by atoms with E-state index in [9.17, 15) is 8.78 Å². The van der Waals surface area contributed by atoms with Crippen molar-refractivity contribution in [1.82, 2.24) is 5.32 Å². The monoisotopic (exact) mass is 375 g/mol. The molecular weight excluding hydrogens is 352 g/mol. The third-order valence-corrected chi connectivity index (χ3v) is 4.86. The maximum absolute atomic E-state index is 13.6. The van der Waals surface area contributed by atoms with Crippen LogP contribution in [0.25, 0.3) is 0 Å². The highest BCUT2D eigenvalue weighted by Crippen LogP contribution is 2.23. The van der Waals surface area contributed by atoms with Crippen LogP contribution in [0.5, 0.6) is 0 Å². The number of halogens is 2. The number of para-hydroxylation sites is 1. The molecule has 0 unspecified atom stereocenters. The molecule has 2 aromatic carbocycles. The summed E-state index contributed by atoms with van der Waals surface area (Å²) < 4.78 is 27.3. The molecule has 1 saturated heterocycles. The first-order valence-electron chi connectivity index (χ1n) is 8.85. The number of rotatable bonds is 4. The van der Waals surface area contributed by atoms with Gasteiger partial charge in [0.15, 0.2) is 5.11 Å². The molecule has 0 amide bonds. The molecule has 0 bridgehead atoms. The summed E-state index contributed by atoms with van der Waals surface area (Å²) in [5.41, 5.74) is 2.05. The van der Waals surface area contributed by atoms with E-state index in [0.717, 1.165) is 24.6 Å². The molecule has 138 valence electrons. The van der Waals surface area contributed by atoms with Crippen LogP contribution >= 0.6 is 12.2 Å². The predicted molar refractivity (Wildman–Crippen MR) is 106 cm³/mol. The van der Waals surface area contributed by atoms with Crippen molar-refractivity contribution in [2.24, 2.45) is 5.92 Å². The molecule has 2 aromatic rings. The van der Waals surface area contributed by atoms with E-state index in [1.165, 1.54) is 36.7 Å². The molecule has 1 aliphatic rings. The van der Waals surface area contributed by atoms with Crippen LogP contribution in [0.3, 0.4) is 0 Å². The van der Waals surface area contributed by atoms with Gasteiger partial charge in [0.25, 0.3) is 0 Å². The highest BCUT2D eigenvalue weighted by molar-refractivity contribution is 7.80. The molecule has 26 heavy (non-hydrogen) atoms. The van der Waals surface area contributed by atoms with Gasteiger partial charge in [-0.25, -0.2) is 8.78 Å². The van der Waals surface area contributed by atoms with E-state index >= 15 is 0 Å². The number of hydrogen-bond acceptors (Lipinski definition) is 2. The Kier molecular flexibility index (Phi) is 6.04. The third kappa shape index (κ3) is 4.69. The minimum absolute atomic E-state index is 0.183. The Morgan fingerprint density at radius 1 is 1.15 bits per heavy atom. The SMILES string of the molecule is C[C@@H]1CCCN(c2ccc(CNC(=S)Nc3c(F)cccc3F)cc2)C1. The quantitative estimate of drug-likeness (QED) is 0.759. The number of anilines is 2. The number of piperidine rings is 1. The van der Waals surface area contributed by atoms with E-state index in [1.807, 2.05) is 12.1 Å². The zero-order chi connectivity index (χ0) is 18.5. The molecule has 0 saturated carbocycles. The lowest BCUT2D eigenvalue weighted by molar-refractivity contribution is 0.447. The Labute approximate surface area is 158 Å². The molecule has 0 spiro atoms. The molecular formula is C20H23F2N3S. The van der Waals surface area contributed by atoms with Crippen molar-refractivity contribution in [2.75, 3.05) is 23.3 Å². The molecule has 3 rings (SSSR count). The van der Waals surface area contributed by atoms with Crippen LogP contribution in [-0.4, -0.2) is 18.2 Å². The van der Waals surface area contributed by atoms with Crippen LogP contribution < -0.4 is 15.5 Å². The smallest absolute Gasteiger partial charge is 0.171 e. The number of nitrogens with one attached hydrogen (secondary N) is 2. The second-order valence-corrected chi connectivity index (χ2v) is 7.17. The van der Waals surface area contributed by atoms with E-state index in [4.69, 9.17) is 12.2 Å². The molecule has 0 aromatic heterocycles. The van der Waals surface area contributed by atoms with Crippen LogP contribution in [0, 0.1) is 17.6 Å². The van der Waals surface area contributed by atoms with Gasteiger partial charge in [0, 0.05) is 25.3 Å². The van der Waals surface area contributed by atoms with Crippen molar-refractivity contribution in [1.29, 1.82) is 0 Å². The summed E-state index contributed by atoms with van der Waals surface area (Å²) >= 11 is 5.13. The first kappa shape index (κ1) is 18.6. The largest absolute Gasteiger partial charge is 0.371 e. The molecule has 2 N–H and O–H groups in total. The Balaban J connectivity index is 1.54. The summed E-state index contributed by atoms with van der Waals surface area (Å²) in [5.74, 6) is -0.615. The van der Waals surface area contributed by atoms with Gasteiger partial charge in [0.2, 0.25) is 0 Å². The zero-order valence-corrected chi connectivity index (χ0v) is 15.6. The maximum Gasteiger partial charge on any atom is 0.171 e. The molecule has 1 atom stereocenters. The fourth-order valence-electron chi connectivity index (χ4n) is 3.21. The van der Waals surface area contributed by atoms with Crippen molar-refractivity contribution in [2.45, 2.75) is 26.3 Å². The third-order valence-electron chi connectivity index (χ3n) is 4.61. The Morgan fingerprint density at radius 2 is 1.85 bits per heavy atom. The van der Waals surface area contributed by atoms with Crippen LogP contribution in [0.2, 0.25) is 0 Å². The molecule has 6 heteroatoms. The molecule has 0 radical (unpaired) electrons. The number of benzene rings is 2. The molecule has 1 heterocycles. The van der Waals surface area contributed by atoms with E-state index in [-0.39, 0.29) is 10.8 Å². The Hall–Kier alpha value is -2.21. The summed E-state index contributed by atoms with van der Waals surface area (Å²) in [6.45, 7) is 4.97. The van der Waals surface area contributed by atoms with Crippen molar-refractivity contribution >= 4 is 28.7 Å². The van der Waals surface area contributed by atoms with Crippen molar-refractivity contribution < 1.29 is 8.78 Å². The van der Waals surface area contributed by atoms with Crippen LogP contribution in [0.4, 0.5) is 20.2 Å². The standard InChI is InChI=1S/C20H23F2N3S/c1-14-4-3-11-25(13-14)16-9-7-15(8-10-16)12-23-20(26)24-19-17(21)5-2-6-18(19)22/h2,5-10,14H,3-4,11-13H2,1H3,(H2,23,24,26)/t14-/m1/s1. The number of thiocarbonyl (C=S) groups is 1. The predicted octanol–water partition coefficient (Wildman–Crippen LogP) is 4.69. The lowest BCUT2D eigenvalue weighted by Gasteiger charge is -2.32. The minimum atomic E-state index is -0.672. The van der Waals surface area contributed by atoms with Gasteiger partial charge in [-0.3, -0.25) is 0 Å². The number of nitrogens with zero attached hydrogens (tertiary/aromatic N) is 1. The van der Waals surface area contributed by atoms with Gasteiger partial charge >= 0.3 is 0 Å². The highest BCUT2D eigenvalue weighted by Gasteiger charge is 2.16.